The van der Waals surface area contributed by atoms with E-state index in [1.807, 2.05) is 11.8 Å². The summed E-state index contributed by atoms with van der Waals surface area (Å²) in [6.07, 6.45) is 0. The van der Waals surface area contributed by atoms with Gasteiger partial charge in [-0.1, -0.05) is 182 Å². The van der Waals surface area contributed by atoms with E-state index >= 15 is 0 Å². The van der Waals surface area contributed by atoms with E-state index in [0.29, 0.717) is 0 Å². The van der Waals surface area contributed by atoms with Crippen LogP contribution in [-0.2, 0) is 5.41 Å². The average molecular weight is 788 g/mol. The smallest absolute Gasteiger partial charge is 0.190 e. The molecule has 0 N–H and O–H groups in total. The van der Waals surface area contributed by atoms with Crippen molar-refractivity contribution in [3.05, 3.63) is 247 Å². The van der Waals surface area contributed by atoms with E-state index in [4.69, 9.17) is 4.74 Å². The van der Waals surface area contributed by atoms with Crippen molar-refractivity contribution in [2.75, 3.05) is 4.90 Å². The molecule has 9 aromatic rings. The normalized spacial score (nSPS) is 14.4. The molecule has 278 valence electrons. The summed E-state index contributed by atoms with van der Waals surface area (Å²) in [5, 5.41) is 5.43. The van der Waals surface area contributed by atoms with Crippen LogP contribution in [-0.4, -0.2) is 8.07 Å². The van der Waals surface area contributed by atoms with Gasteiger partial charge in [-0.15, -0.1) is 0 Å². The average Bonchev–Trinajstić information content (AvgIpc) is 3.60. The largest absolute Gasteiger partial charge is 0.458 e. The van der Waals surface area contributed by atoms with Crippen LogP contribution in [0.1, 0.15) is 22.3 Å². The van der Waals surface area contributed by atoms with Crippen molar-refractivity contribution >= 4 is 57.6 Å². The molecule has 0 saturated heterocycles. The third-order valence-corrected chi connectivity index (χ3v) is 19.1. The van der Waals surface area contributed by atoms with Crippen molar-refractivity contribution in [1.82, 2.24) is 0 Å². The summed E-state index contributed by atoms with van der Waals surface area (Å²) in [6, 6.07) is 82.9. The minimum atomic E-state index is -2.78. The summed E-state index contributed by atoms with van der Waals surface area (Å²) in [6.45, 7) is 0. The Morgan fingerprint density at radius 1 is 0.373 bits per heavy atom. The molecular formula is C55H37NOSSi. The number of nitrogens with zero attached hydrogens (tertiary/aromatic N) is 1. The quantitative estimate of drug-likeness (QED) is 0.161. The molecule has 3 aliphatic rings. The summed E-state index contributed by atoms with van der Waals surface area (Å²) in [7, 11) is -2.78. The molecule has 12 rings (SSSR count). The highest BCUT2D eigenvalue weighted by Gasteiger charge is 2.52. The fraction of sp³-hybridized carbons (Fsp3) is 0.0182. The molecule has 2 nitrogen and oxygen atoms in total. The van der Waals surface area contributed by atoms with Crippen LogP contribution in [0.3, 0.4) is 0 Å². The van der Waals surface area contributed by atoms with E-state index in [0.717, 1.165) is 28.6 Å². The third kappa shape index (κ3) is 4.88. The molecule has 0 bridgehead atoms. The summed E-state index contributed by atoms with van der Waals surface area (Å²) in [5.41, 5.74) is 10.5. The molecule has 0 atom stereocenters. The second-order valence-electron chi connectivity index (χ2n) is 15.6. The lowest BCUT2D eigenvalue weighted by atomic mass is 9.67. The van der Waals surface area contributed by atoms with Gasteiger partial charge < -0.3 is 9.64 Å². The fourth-order valence-electron chi connectivity index (χ4n) is 10.3. The number of para-hydroxylation sites is 3. The van der Waals surface area contributed by atoms with Crippen LogP contribution in [0.15, 0.2) is 234 Å². The van der Waals surface area contributed by atoms with E-state index in [9.17, 15) is 0 Å². The summed E-state index contributed by atoms with van der Waals surface area (Å²) in [5.74, 6) is 1.92. The number of fused-ring (bicyclic) bond motifs is 11. The molecule has 0 unspecified atom stereocenters. The van der Waals surface area contributed by atoms with E-state index in [1.165, 1.54) is 63.9 Å². The van der Waals surface area contributed by atoms with Gasteiger partial charge in [-0.2, -0.15) is 0 Å². The van der Waals surface area contributed by atoms with Gasteiger partial charge in [0.25, 0.3) is 0 Å². The molecule has 0 radical (unpaired) electrons. The first-order valence-corrected chi connectivity index (χ1v) is 23.1. The first-order chi connectivity index (χ1) is 29.3. The Bertz CT molecular complexity index is 2970. The Labute approximate surface area is 350 Å². The lowest BCUT2D eigenvalue weighted by Gasteiger charge is -2.43. The lowest BCUT2D eigenvalue weighted by molar-refractivity contribution is 0.487. The van der Waals surface area contributed by atoms with Gasteiger partial charge in [-0.25, -0.2) is 0 Å². The molecule has 1 spiro atoms. The lowest BCUT2D eigenvalue weighted by Crippen LogP contribution is -2.77. The van der Waals surface area contributed by atoms with Crippen LogP contribution in [0.5, 0.6) is 11.5 Å². The number of rotatable bonds is 5. The monoisotopic (exact) mass is 787 g/mol. The van der Waals surface area contributed by atoms with Gasteiger partial charge in [-0.3, -0.25) is 0 Å². The van der Waals surface area contributed by atoms with E-state index in [1.54, 1.807) is 0 Å². The van der Waals surface area contributed by atoms with Gasteiger partial charge in [0.1, 0.15) is 11.5 Å². The number of ether oxygens (including phenoxy) is 1. The van der Waals surface area contributed by atoms with Crippen molar-refractivity contribution in [2.45, 2.75) is 15.2 Å². The highest BCUT2D eigenvalue weighted by atomic mass is 32.2. The molecule has 4 heteroatoms. The first kappa shape index (κ1) is 34.2. The maximum atomic E-state index is 6.67. The van der Waals surface area contributed by atoms with Gasteiger partial charge in [0.05, 0.1) is 5.41 Å². The summed E-state index contributed by atoms with van der Waals surface area (Å²) >= 11 is 1.89. The third-order valence-electron chi connectivity index (χ3n) is 12.7. The first-order valence-electron chi connectivity index (χ1n) is 20.3. The molecule has 0 amide bonds. The molecule has 0 fully saturated rings. The van der Waals surface area contributed by atoms with Crippen molar-refractivity contribution in [2.24, 2.45) is 0 Å². The van der Waals surface area contributed by atoms with Crippen LogP contribution >= 0.6 is 11.8 Å². The van der Waals surface area contributed by atoms with Gasteiger partial charge in [0, 0.05) is 26.9 Å². The van der Waals surface area contributed by atoms with E-state index in [2.05, 4.69) is 229 Å². The number of hydrogen-bond donors (Lipinski definition) is 0. The molecule has 2 aliphatic heterocycles. The predicted octanol–water partition coefficient (Wildman–Crippen LogP) is 11.5. The highest BCUT2D eigenvalue weighted by molar-refractivity contribution is 8.00. The van der Waals surface area contributed by atoms with Crippen molar-refractivity contribution in [1.29, 1.82) is 0 Å². The zero-order valence-corrected chi connectivity index (χ0v) is 33.9. The SMILES string of the molecule is c1ccc(N(c2ccc3c(c2)Sc2ccccc2[Si]32c3ccccc3Oc3ccccc32)c2ccc3c(c2)C(c2ccccc2)(c2ccccc2)c2ccccc2-3)cc1. The Hall–Kier alpha value is -6.85. The molecule has 2 heterocycles. The molecule has 0 aromatic heterocycles. The highest BCUT2D eigenvalue weighted by Crippen LogP contribution is 2.57. The minimum Gasteiger partial charge on any atom is -0.458 e. The molecular weight excluding hydrogens is 751 g/mol. The topological polar surface area (TPSA) is 12.5 Å². The van der Waals surface area contributed by atoms with Crippen LogP contribution in [0, 0.1) is 0 Å². The molecule has 9 aromatic carbocycles. The van der Waals surface area contributed by atoms with Crippen LogP contribution in [0.25, 0.3) is 11.1 Å². The van der Waals surface area contributed by atoms with E-state index < -0.39 is 13.5 Å². The number of anilines is 3. The number of benzene rings is 9. The van der Waals surface area contributed by atoms with Gasteiger partial charge in [0.2, 0.25) is 0 Å². The zero-order chi connectivity index (χ0) is 39.0. The Balaban J connectivity index is 1.10. The van der Waals surface area contributed by atoms with Crippen LogP contribution in [0.4, 0.5) is 17.1 Å². The van der Waals surface area contributed by atoms with Crippen molar-refractivity contribution < 1.29 is 4.74 Å². The second-order valence-corrected chi connectivity index (χ2v) is 20.3. The molecule has 0 saturated carbocycles. The Morgan fingerprint density at radius 3 is 1.58 bits per heavy atom. The Kier molecular flexibility index (Phi) is 7.74. The maximum absolute atomic E-state index is 6.67. The maximum Gasteiger partial charge on any atom is 0.190 e. The summed E-state index contributed by atoms with van der Waals surface area (Å²) in [4.78, 5) is 5.05. The minimum absolute atomic E-state index is 0.496. The number of hydrogen-bond acceptors (Lipinski definition) is 3. The van der Waals surface area contributed by atoms with Gasteiger partial charge in [0.15, 0.2) is 8.07 Å². The molecule has 59 heavy (non-hydrogen) atoms. The second kappa shape index (κ2) is 13.4. The van der Waals surface area contributed by atoms with Crippen molar-refractivity contribution in [3.63, 3.8) is 0 Å². The zero-order valence-electron chi connectivity index (χ0n) is 32.1. The Morgan fingerprint density at radius 2 is 0.881 bits per heavy atom. The fourth-order valence-corrected chi connectivity index (χ4v) is 17.5. The standard InChI is InChI=1S/C55H37NOSSi/c1-4-18-38(19-5-1)55(39-20-6-2-7-21-39)45-25-11-10-24-43(45)44-34-32-41(36-46(44)55)56(40-22-8-3-9-23-40)42-33-35-54-50(37-42)58-49-28-14-17-31-53(49)59(54)51-29-15-12-26-47(51)57-48-27-13-16-30-52(48)59/h1-37H. The predicted molar refractivity (Wildman–Crippen MR) is 246 cm³/mol. The van der Waals surface area contributed by atoms with Crippen LogP contribution in [0.2, 0.25) is 0 Å². The van der Waals surface area contributed by atoms with Gasteiger partial charge in [-0.05, 0) is 109 Å². The van der Waals surface area contributed by atoms with E-state index in [-0.39, 0.29) is 0 Å². The van der Waals surface area contributed by atoms with Gasteiger partial charge >= 0.3 is 0 Å². The summed E-state index contributed by atoms with van der Waals surface area (Å²) < 4.78 is 6.67. The van der Waals surface area contributed by atoms with Crippen LogP contribution < -0.4 is 30.4 Å². The van der Waals surface area contributed by atoms with Crippen molar-refractivity contribution in [3.8, 4) is 22.6 Å². The molecule has 1 aliphatic carbocycles.